The van der Waals surface area contributed by atoms with Crippen LogP contribution in [0.3, 0.4) is 0 Å². The van der Waals surface area contributed by atoms with E-state index < -0.39 is 6.09 Å². The number of aromatic nitrogens is 3. The van der Waals surface area contributed by atoms with E-state index in [1.165, 1.54) is 10.5 Å². The molecule has 0 aliphatic carbocycles. The molecule has 188 valence electrons. The van der Waals surface area contributed by atoms with E-state index in [-0.39, 0.29) is 11.8 Å². The van der Waals surface area contributed by atoms with Gasteiger partial charge in [-0.2, -0.15) is 0 Å². The molecule has 1 aliphatic rings. The first-order valence-corrected chi connectivity index (χ1v) is 12.1. The highest BCUT2D eigenvalue weighted by Gasteiger charge is 2.27. The van der Waals surface area contributed by atoms with Gasteiger partial charge in [-0.05, 0) is 60.7 Å². The van der Waals surface area contributed by atoms with Crippen LogP contribution in [0.2, 0.25) is 0 Å². The highest BCUT2D eigenvalue weighted by atomic mass is 16.5. The number of nitrogens with one attached hydrogen (secondary N) is 1. The molecule has 2 aromatic carbocycles. The van der Waals surface area contributed by atoms with Crippen LogP contribution in [-0.4, -0.2) is 58.6 Å². The second kappa shape index (κ2) is 9.56. The molecule has 2 aromatic heterocycles. The Bertz CT molecular complexity index is 1400. The predicted molar refractivity (Wildman–Crippen MR) is 136 cm³/mol. The number of hydrogen-bond donors (Lipinski definition) is 2. The van der Waals surface area contributed by atoms with Gasteiger partial charge in [0.05, 0.1) is 19.9 Å². The molecular formula is C27H30N4O5. The lowest BCUT2D eigenvalue weighted by molar-refractivity contribution is 0.129. The Balaban J connectivity index is 1.49. The van der Waals surface area contributed by atoms with Gasteiger partial charge in [0.1, 0.15) is 0 Å². The van der Waals surface area contributed by atoms with Gasteiger partial charge < -0.3 is 28.9 Å². The van der Waals surface area contributed by atoms with E-state index in [0.29, 0.717) is 49.2 Å². The number of piperidine rings is 1. The summed E-state index contributed by atoms with van der Waals surface area (Å²) in [4.78, 5) is 16.2. The number of fused-ring (bicyclic) bond motifs is 1. The van der Waals surface area contributed by atoms with Gasteiger partial charge in [-0.15, -0.1) is 10.2 Å². The predicted octanol–water partition coefficient (Wildman–Crippen LogP) is 5.88. The lowest BCUT2D eigenvalue weighted by Gasteiger charge is -2.27. The second-order valence-corrected chi connectivity index (χ2v) is 9.39. The molecule has 1 fully saturated rings. The maximum atomic E-state index is 11.2. The van der Waals surface area contributed by atoms with Crippen molar-refractivity contribution < 1.29 is 23.8 Å². The van der Waals surface area contributed by atoms with Gasteiger partial charge in [0.25, 0.3) is 0 Å². The average molecular weight is 491 g/mol. The highest BCUT2D eigenvalue weighted by molar-refractivity contribution is 5.94. The summed E-state index contributed by atoms with van der Waals surface area (Å²) in [6, 6.07) is 12.0. The van der Waals surface area contributed by atoms with E-state index in [2.05, 4.69) is 35.1 Å². The lowest BCUT2D eigenvalue weighted by Crippen LogP contribution is -2.36. The third kappa shape index (κ3) is 4.25. The van der Waals surface area contributed by atoms with Crippen LogP contribution in [0.15, 0.2) is 40.8 Å². The Morgan fingerprint density at radius 3 is 2.44 bits per heavy atom. The number of likely N-dealkylation sites (tertiary alicyclic amines) is 1. The summed E-state index contributed by atoms with van der Waals surface area (Å²) in [7, 11) is 3.26. The fraction of sp³-hybridized carbons (Fsp3) is 0.370. The Labute approximate surface area is 209 Å². The summed E-state index contributed by atoms with van der Waals surface area (Å²) in [6.07, 6.45) is 0.473. The number of carboxylic acid groups (broad SMARTS) is 1. The molecular weight excluding hydrogens is 460 g/mol. The minimum Gasteiger partial charge on any atom is -0.493 e. The quantitative estimate of drug-likeness (QED) is 0.347. The number of H-pyrrole nitrogens is 1. The first-order chi connectivity index (χ1) is 17.4. The van der Waals surface area contributed by atoms with Crippen molar-refractivity contribution in [3.63, 3.8) is 0 Å². The number of rotatable bonds is 6. The molecule has 2 N–H and O–H groups in total. The zero-order chi connectivity index (χ0) is 25.4. The third-order valence-electron chi connectivity index (χ3n) is 6.89. The molecule has 0 unspecified atom stereocenters. The Hall–Kier alpha value is -4.01. The molecule has 9 heteroatoms. The van der Waals surface area contributed by atoms with Crippen molar-refractivity contribution >= 4 is 17.0 Å². The summed E-state index contributed by atoms with van der Waals surface area (Å²) in [5.41, 5.74) is 5.12. The van der Waals surface area contributed by atoms with Crippen LogP contribution in [0.1, 0.15) is 50.0 Å². The molecule has 0 spiro atoms. The number of methoxy groups -OCH3 is 2. The number of carbonyl (C=O) groups is 1. The molecule has 1 saturated heterocycles. The van der Waals surface area contributed by atoms with Crippen LogP contribution in [-0.2, 0) is 0 Å². The largest absolute Gasteiger partial charge is 0.493 e. The molecule has 0 bridgehead atoms. The van der Waals surface area contributed by atoms with Gasteiger partial charge in [0, 0.05) is 41.0 Å². The fourth-order valence-corrected chi connectivity index (χ4v) is 5.00. The number of ether oxygens (including phenoxy) is 2. The zero-order valence-corrected chi connectivity index (χ0v) is 20.9. The topological polar surface area (TPSA) is 114 Å². The van der Waals surface area contributed by atoms with Crippen molar-refractivity contribution in [3.05, 3.63) is 47.9 Å². The van der Waals surface area contributed by atoms with Crippen LogP contribution in [0.5, 0.6) is 11.5 Å². The highest BCUT2D eigenvalue weighted by Crippen LogP contribution is 2.40. The van der Waals surface area contributed by atoms with Crippen molar-refractivity contribution in [3.8, 4) is 34.2 Å². The van der Waals surface area contributed by atoms with Crippen LogP contribution >= 0.6 is 0 Å². The monoisotopic (exact) mass is 490 g/mol. The molecule has 0 atom stereocenters. The maximum absolute atomic E-state index is 11.2. The normalized spacial score (nSPS) is 14.5. The van der Waals surface area contributed by atoms with Crippen LogP contribution in [0.25, 0.3) is 33.6 Å². The van der Waals surface area contributed by atoms with Crippen LogP contribution < -0.4 is 9.47 Å². The maximum Gasteiger partial charge on any atom is 0.407 e. The molecule has 0 saturated carbocycles. The van der Waals surface area contributed by atoms with Crippen molar-refractivity contribution in [1.29, 1.82) is 0 Å². The SMILES string of the molecule is COc1ccc(-c2[nH]c3ccc(-c4nnc(C5CCN(C(=O)O)CC5)o4)cc3c2C(C)C)cc1OC. The molecule has 5 rings (SSSR count). The molecule has 3 heterocycles. The number of hydrogen-bond acceptors (Lipinski definition) is 6. The summed E-state index contributed by atoms with van der Waals surface area (Å²) < 4.78 is 17.0. The van der Waals surface area contributed by atoms with E-state index >= 15 is 0 Å². The summed E-state index contributed by atoms with van der Waals surface area (Å²) in [5.74, 6) is 2.73. The number of amides is 1. The van der Waals surface area contributed by atoms with E-state index in [1.807, 2.05) is 30.3 Å². The van der Waals surface area contributed by atoms with Gasteiger partial charge in [0.2, 0.25) is 11.8 Å². The standard InChI is InChI=1S/C27H30N4O5/c1-15(2)23-19-13-18(26-30-29-25(36-26)16-9-11-31(12-10-16)27(32)33)5-7-20(19)28-24(23)17-6-8-21(34-3)22(14-17)35-4/h5-8,13-16,28H,9-12H2,1-4H3,(H,32,33). The van der Waals surface area contributed by atoms with Crippen LogP contribution in [0.4, 0.5) is 4.79 Å². The summed E-state index contributed by atoms with van der Waals surface area (Å²) in [5, 5.41) is 18.9. The average Bonchev–Trinajstić information content (AvgIpc) is 3.53. The van der Waals surface area contributed by atoms with E-state index in [4.69, 9.17) is 13.9 Å². The van der Waals surface area contributed by atoms with E-state index in [0.717, 1.165) is 27.7 Å². The van der Waals surface area contributed by atoms with Crippen molar-refractivity contribution in [2.24, 2.45) is 0 Å². The Kier molecular flexibility index (Phi) is 6.30. The zero-order valence-electron chi connectivity index (χ0n) is 20.9. The third-order valence-corrected chi connectivity index (χ3v) is 6.89. The minimum absolute atomic E-state index is 0.0701. The first kappa shape index (κ1) is 23.7. The van der Waals surface area contributed by atoms with Gasteiger partial charge in [-0.1, -0.05) is 13.8 Å². The summed E-state index contributed by atoms with van der Waals surface area (Å²) in [6.45, 7) is 5.30. The molecule has 1 aliphatic heterocycles. The lowest BCUT2D eigenvalue weighted by atomic mass is 9.95. The number of benzene rings is 2. The molecule has 9 nitrogen and oxygen atoms in total. The van der Waals surface area contributed by atoms with Gasteiger partial charge in [0.15, 0.2) is 11.5 Å². The Morgan fingerprint density at radius 1 is 1.06 bits per heavy atom. The van der Waals surface area contributed by atoms with Crippen LogP contribution in [0, 0.1) is 0 Å². The number of aromatic amines is 1. The van der Waals surface area contributed by atoms with E-state index in [9.17, 15) is 9.90 Å². The number of nitrogens with zero attached hydrogens (tertiary/aromatic N) is 3. The van der Waals surface area contributed by atoms with E-state index in [1.54, 1.807) is 14.2 Å². The first-order valence-electron chi connectivity index (χ1n) is 12.1. The van der Waals surface area contributed by atoms with Gasteiger partial charge >= 0.3 is 6.09 Å². The fourth-order valence-electron chi connectivity index (χ4n) is 5.00. The smallest absolute Gasteiger partial charge is 0.407 e. The molecule has 0 radical (unpaired) electrons. The van der Waals surface area contributed by atoms with Gasteiger partial charge in [-0.3, -0.25) is 0 Å². The molecule has 1 amide bonds. The molecule has 4 aromatic rings. The van der Waals surface area contributed by atoms with Gasteiger partial charge in [-0.25, -0.2) is 4.79 Å². The van der Waals surface area contributed by atoms with Crippen molar-refractivity contribution in [2.45, 2.75) is 38.5 Å². The second-order valence-electron chi connectivity index (χ2n) is 9.39. The van der Waals surface area contributed by atoms with Crippen molar-refractivity contribution in [1.82, 2.24) is 20.1 Å². The van der Waals surface area contributed by atoms with Crippen molar-refractivity contribution in [2.75, 3.05) is 27.3 Å². The summed E-state index contributed by atoms with van der Waals surface area (Å²) >= 11 is 0. The Morgan fingerprint density at radius 2 is 1.78 bits per heavy atom. The minimum atomic E-state index is -0.882. The molecule has 36 heavy (non-hydrogen) atoms.